The fourth-order valence-electron chi connectivity index (χ4n) is 1.14. The Morgan fingerprint density at radius 1 is 1.31 bits per heavy atom. The average molecular weight is 368 g/mol. The van der Waals surface area contributed by atoms with Crippen LogP contribution in [-0.4, -0.2) is 4.98 Å². The first kappa shape index (κ1) is 9.68. The van der Waals surface area contributed by atoms with Crippen molar-refractivity contribution in [2.24, 2.45) is 0 Å². The van der Waals surface area contributed by atoms with Gasteiger partial charge in [-0.3, -0.25) is 4.98 Å². The molecule has 0 aliphatic heterocycles. The summed E-state index contributed by atoms with van der Waals surface area (Å²) in [6, 6.07) is 5.92. The van der Waals surface area contributed by atoms with Gasteiger partial charge >= 0.3 is 0 Å². The summed E-state index contributed by atoms with van der Waals surface area (Å²) in [5.41, 5.74) is 0.852. The maximum absolute atomic E-state index is 6.02. The second-order valence-electron chi connectivity index (χ2n) is 2.61. The zero-order chi connectivity index (χ0) is 9.42. The van der Waals surface area contributed by atoms with E-state index in [0.717, 1.165) is 18.9 Å². The van der Waals surface area contributed by atoms with Crippen LogP contribution in [-0.2, 0) is 0 Å². The Morgan fingerprint density at radius 3 is 2.85 bits per heavy atom. The average Bonchev–Trinajstić information content (AvgIpc) is 2.02. The monoisotopic (exact) mass is 367 g/mol. The third kappa shape index (κ3) is 1.97. The molecule has 0 bridgehead atoms. The number of hydrogen-bond acceptors (Lipinski definition) is 1. The SMILES string of the molecule is Clc1cc(Br)cc2cc(I)cnc12. The summed E-state index contributed by atoms with van der Waals surface area (Å²) in [4.78, 5) is 4.26. The van der Waals surface area contributed by atoms with E-state index in [9.17, 15) is 0 Å². The Balaban J connectivity index is 2.86. The van der Waals surface area contributed by atoms with Crippen molar-refractivity contribution >= 4 is 61.0 Å². The number of halogens is 3. The van der Waals surface area contributed by atoms with E-state index in [1.165, 1.54) is 0 Å². The molecule has 0 atom stereocenters. The number of pyridine rings is 1. The van der Waals surface area contributed by atoms with E-state index in [1.54, 1.807) is 0 Å². The first-order chi connectivity index (χ1) is 6.16. The van der Waals surface area contributed by atoms with Crippen LogP contribution in [0.25, 0.3) is 10.9 Å². The summed E-state index contributed by atoms with van der Waals surface area (Å²) >= 11 is 11.6. The summed E-state index contributed by atoms with van der Waals surface area (Å²) < 4.78 is 2.09. The Labute approximate surface area is 103 Å². The highest BCUT2D eigenvalue weighted by Gasteiger charge is 2.02. The zero-order valence-electron chi connectivity index (χ0n) is 6.39. The van der Waals surface area contributed by atoms with E-state index in [-0.39, 0.29) is 0 Å². The summed E-state index contributed by atoms with van der Waals surface area (Å²) in [6.45, 7) is 0. The van der Waals surface area contributed by atoms with E-state index in [1.807, 2.05) is 18.3 Å². The van der Waals surface area contributed by atoms with Gasteiger partial charge in [-0.2, -0.15) is 0 Å². The molecule has 0 aliphatic rings. The molecule has 1 nitrogen and oxygen atoms in total. The molecule has 4 heteroatoms. The van der Waals surface area contributed by atoms with E-state index in [2.05, 4.69) is 49.6 Å². The van der Waals surface area contributed by atoms with Crippen molar-refractivity contribution in [1.82, 2.24) is 4.98 Å². The highest BCUT2D eigenvalue weighted by atomic mass is 127. The molecule has 2 rings (SSSR count). The fraction of sp³-hybridized carbons (Fsp3) is 0. The van der Waals surface area contributed by atoms with Crippen molar-refractivity contribution in [3.63, 3.8) is 0 Å². The second kappa shape index (κ2) is 3.71. The molecule has 0 spiro atoms. The minimum atomic E-state index is 0.681. The van der Waals surface area contributed by atoms with Crippen molar-refractivity contribution in [3.8, 4) is 0 Å². The topological polar surface area (TPSA) is 12.9 Å². The Hall–Kier alpha value is 0.130. The van der Waals surface area contributed by atoms with Gasteiger partial charge in [0.25, 0.3) is 0 Å². The number of benzene rings is 1. The molecule has 0 saturated carbocycles. The summed E-state index contributed by atoms with van der Waals surface area (Å²) in [5, 5.41) is 1.74. The smallest absolute Gasteiger partial charge is 0.0889 e. The van der Waals surface area contributed by atoms with Gasteiger partial charge < -0.3 is 0 Å². The number of nitrogens with zero attached hydrogens (tertiary/aromatic N) is 1. The fourth-order valence-corrected chi connectivity index (χ4v) is 2.50. The molecule has 1 aromatic heterocycles. The van der Waals surface area contributed by atoms with Crippen LogP contribution in [0.15, 0.2) is 28.9 Å². The Bertz CT molecular complexity index is 467. The van der Waals surface area contributed by atoms with Gasteiger partial charge in [0.15, 0.2) is 0 Å². The predicted molar refractivity (Wildman–Crippen MR) is 67.2 cm³/mol. The number of fused-ring (bicyclic) bond motifs is 1. The quantitative estimate of drug-likeness (QED) is 0.634. The summed E-state index contributed by atoms with van der Waals surface area (Å²) in [6.07, 6.45) is 1.81. The molecule has 2 aromatic rings. The van der Waals surface area contributed by atoms with Crippen molar-refractivity contribution in [1.29, 1.82) is 0 Å². The summed E-state index contributed by atoms with van der Waals surface area (Å²) in [5.74, 6) is 0. The van der Waals surface area contributed by atoms with Crippen molar-refractivity contribution in [3.05, 3.63) is 37.5 Å². The molecule has 1 heterocycles. The van der Waals surface area contributed by atoms with Crippen LogP contribution < -0.4 is 0 Å². The molecule has 0 radical (unpaired) electrons. The molecule has 1 aromatic carbocycles. The highest BCUT2D eigenvalue weighted by Crippen LogP contribution is 2.27. The van der Waals surface area contributed by atoms with Gasteiger partial charge in [0, 0.05) is 19.6 Å². The summed E-state index contributed by atoms with van der Waals surface area (Å²) in [7, 11) is 0. The van der Waals surface area contributed by atoms with Gasteiger partial charge in [-0.25, -0.2) is 0 Å². The van der Waals surface area contributed by atoms with Crippen LogP contribution in [0.2, 0.25) is 5.02 Å². The molecule has 0 amide bonds. The van der Waals surface area contributed by atoms with E-state index < -0.39 is 0 Å². The lowest BCUT2D eigenvalue weighted by atomic mass is 10.2. The minimum Gasteiger partial charge on any atom is -0.254 e. The van der Waals surface area contributed by atoms with Gasteiger partial charge in [0.05, 0.1) is 10.5 Å². The van der Waals surface area contributed by atoms with Gasteiger partial charge in [-0.05, 0) is 40.8 Å². The van der Waals surface area contributed by atoms with Crippen LogP contribution in [0.5, 0.6) is 0 Å². The maximum Gasteiger partial charge on any atom is 0.0889 e. The largest absolute Gasteiger partial charge is 0.254 e. The van der Waals surface area contributed by atoms with Gasteiger partial charge in [0.1, 0.15) is 0 Å². The highest BCUT2D eigenvalue weighted by molar-refractivity contribution is 14.1. The van der Waals surface area contributed by atoms with Crippen molar-refractivity contribution < 1.29 is 0 Å². The molecular formula is C9H4BrClIN. The van der Waals surface area contributed by atoms with Crippen LogP contribution >= 0.6 is 50.1 Å². The van der Waals surface area contributed by atoms with Crippen molar-refractivity contribution in [2.45, 2.75) is 0 Å². The van der Waals surface area contributed by atoms with Gasteiger partial charge in [-0.15, -0.1) is 0 Å². The van der Waals surface area contributed by atoms with Gasteiger partial charge in [-0.1, -0.05) is 27.5 Å². The second-order valence-corrected chi connectivity index (χ2v) is 5.18. The molecule has 0 N–H and O–H groups in total. The van der Waals surface area contributed by atoms with E-state index in [0.29, 0.717) is 5.02 Å². The Kier molecular flexibility index (Phi) is 2.76. The predicted octanol–water partition coefficient (Wildman–Crippen LogP) is 4.26. The molecule has 13 heavy (non-hydrogen) atoms. The lowest BCUT2D eigenvalue weighted by Crippen LogP contribution is -1.82. The molecule has 0 unspecified atom stereocenters. The first-order valence-corrected chi connectivity index (χ1v) is 5.82. The lowest BCUT2D eigenvalue weighted by Gasteiger charge is -2.00. The zero-order valence-corrected chi connectivity index (χ0v) is 10.9. The normalized spacial score (nSPS) is 10.7. The minimum absolute atomic E-state index is 0.681. The molecule has 0 saturated heterocycles. The third-order valence-electron chi connectivity index (χ3n) is 1.67. The number of hydrogen-bond donors (Lipinski definition) is 0. The maximum atomic E-state index is 6.02. The van der Waals surface area contributed by atoms with Crippen LogP contribution in [0.4, 0.5) is 0 Å². The molecule has 0 fully saturated rings. The first-order valence-electron chi connectivity index (χ1n) is 3.57. The van der Waals surface area contributed by atoms with Crippen LogP contribution in [0.3, 0.4) is 0 Å². The lowest BCUT2D eigenvalue weighted by molar-refractivity contribution is 1.38. The van der Waals surface area contributed by atoms with E-state index in [4.69, 9.17) is 11.6 Å². The Morgan fingerprint density at radius 2 is 2.08 bits per heavy atom. The van der Waals surface area contributed by atoms with Crippen LogP contribution in [0.1, 0.15) is 0 Å². The number of rotatable bonds is 0. The standard InChI is InChI=1S/C9H4BrClIN/c10-6-1-5-2-7(12)4-13-9(5)8(11)3-6/h1-4H. The third-order valence-corrected chi connectivity index (χ3v) is 3.00. The molecular weight excluding hydrogens is 364 g/mol. The van der Waals surface area contributed by atoms with Crippen LogP contribution in [0, 0.1) is 3.57 Å². The molecule has 66 valence electrons. The number of aromatic nitrogens is 1. The van der Waals surface area contributed by atoms with E-state index >= 15 is 0 Å². The van der Waals surface area contributed by atoms with Crippen molar-refractivity contribution in [2.75, 3.05) is 0 Å². The van der Waals surface area contributed by atoms with Gasteiger partial charge in [0.2, 0.25) is 0 Å². The molecule has 0 aliphatic carbocycles.